The van der Waals surface area contributed by atoms with Crippen LogP contribution in [0.4, 0.5) is 25.0 Å². The highest BCUT2D eigenvalue weighted by atomic mass is 32.2. The van der Waals surface area contributed by atoms with Gasteiger partial charge in [-0.3, -0.25) is 4.90 Å². The molecule has 6 aromatic rings. The van der Waals surface area contributed by atoms with Gasteiger partial charge in [-0.2, -0.15) is 0 Å². The van der Waals surface area contributed by atoms with Crippen molar-refractivity contribution in [3.05, 3.63) is 35.9 Å². The van der Waals surface area contributed by atoms with Gasteiger partial charge in [0, 0.05) is 49.9 Å². The number of aromatic nitrogens is 6. The Labute approximate surface area is 313 Å². The molecule has 2 aromatic carbocycles. The largest absolute Gasteiger partial charge is 0.443 e. The standard InChI is InChI=1S/C18H21FN4O6S2.C13H13FN4O4S2/c1-18(2,3)29-17(24)23(4)11-8-9(19)7-10-12-14(20-13(10)11)21-16(31(6,27)28)22-15(12)30(5,25)26;1-15-8-5-6(14)4-7-9-11(16-10(7)8)17-13(24(3,21)22)18-12(9)23(2,19)20/h7-8H,1-6H3,(H,20,21,22);4-5,15H,1-3H3,(H,16,17,18). The first kappa shape index (κ1) is 41.1. The molecule has 18 nitrogen and oxygen atoms in total. The Morgan fingerprint density at radius 1 is 0.691 bits per heavy atom. The van der Waals surface area contributed by atoms with Gasteiger partial charge < -0.3 is 20.0 Å². The summed E-state index contributed by atoms with van der Waals surface area (Å²) < 4.78 is 130. The molecule has 3 N–H and O–H groups in total. The van der Waals surface area contributed by atoms with E-state index in [1.54, 1.807) is 27.8 Å². The number of carbonyl (C=O) groups is 1. The quantitative estimate of drug-likeness (QED) is 0.160. The van der Waals surface area contributed by atoms with Crippen molar-refractivity contribution in [2.45, 2.75) is 46.7 Å². The monoisotopic (exact) mass is 844 g/mol. The van der Waals surface area contributed by atoms with E-state index in [9.17, 15) is 47.2 Å². The van der Waals surface area contributed by atoms with Gasteiger partial charge in [-0.25, -0.2) is 67.2 Å². The lowest BCUT2D eigenvalue weighted by Gasteiger charge is -2.25. The number of benzene rings is 2. The van der Waals surface area contributed by atoms with Crippen molar-refractivity contribution in [1.29, 1.82) is 0 Å². The number of anilines is 2. The molecule has 24 heteroatoms. The maximum absolute atomic E-state index is 14.5. The van der Waals surface area contributed by atoms with Crippen LogP contribution in [0.25, 0.3) is 43.9 Å². The van der Waals surface area contributed by atoms with Crippen molar-refractivity contribution < 1.29 is 52.0 Å². The van der Waals surface area contributed by atoms with Crippen molar-refractivity contribution in [2.24, 2.45) is 0 Å². The van der Waals surface area contributed by atoms with Crippen LogP contribution in [-0.2, 0) is 44.1 Å². The Hall–Kier alpha value is -5.07. The van der Waals surface area contributed by atoms with Crippen LogP contribution in [0, 0.1) is 11.6 Å². The topological polar surface area (TPSA) is 261 Å². The predicted octanol–water partition coefficient (Wildman–Crippen LogP) is 3.53. The molecule has 0 fully saturated rings. The number of nitrogens with one attached hydrogen (secondary N) is 3. The highest BCUT2D eigenvalue weighted by Crippen LogP contribution is 2.37. The third-order valence-electron chi connectivity index (χ3n) is 7.59. The maximum atomic E-state index is 14.5. The lowest BCUT2D eigenvalue weighted by Crippen LogP contribution is -2.34. The van der Waals surface area contributed by atoms with Crippen LogP contribution < -0.4 is 10.2 Å². The third-order valence-corrected chi connectivity index (χ3v) is 11.3. The van der Waals surface area contributed by atoms with E-state index < -0.39 is 83.0 Å². The molecule has 0 radical (unpaired) electrons. The highest BCUT2D eigenvalue weighted by molar-refractivity contribution is 7.92. The molecule has 0 spiro atoms. The van der Waals surface area contributed by atoms with Gasteiger partial charge in [-0.05, 0) is 45.0 Å². The Balaban J connectivity index is 0.000000218. The van der Waals surface area contributed by atoms with Gasteiger partial charge in [0.05, 0.1) is 33.2 Å². The molecule has 0 unspecified atom stereocenters. The van der Waals surface area contributed by atoms with Gasteiger partial charge in [-0.15, -0.1) is 0 Å². The number of hydrogen-bond acceptors (Lipinski definition) is 15. The molecule has 296 valence electrons. The second-order valence-corrected chi connectivity index (χ2v) is 21.1. The molecular formula is C31H34F2N8O10S4. The summed E-state index contributed by atoms with van der Waals surface area (Å²) in [4.78, 5) is 34.4. The van der Waals surface area contributed by atoms with E-state index in [2.05, 4.69) is 35.2 Å². The van der Waals surface area contributed by atoms with Gasteiger partial charge >= 0.3 is 6.09 Å². The number of hydrogen-bond donors (Lipinski definition) is 3. The van der Waals surface area contributed by atoms with Gasteiger partial charge in [0.25, 0.3) is 0 Å². The molecular weight excluding hydrogens is 811 g/mol. The van der Waals surface area contributed by atoms with Crippen LogP contribution in [0.1, 0.15) is 20.8 Å². The number of fused-ring (bicyclic) bond motifs is 6. The zero-order chi connectivity index (χ0) is 41.4. The van der Waals surface area contributed by atoms with E-state index in [1.807, 2.05) is 0 Å². The van der Waals surface area contributed by atoms with E-state index in [0.29, 0.717) is 11.2 Å². The van der Waals surface area contributed by atoms with Crippen LogP contribution in [0.2, 0.25) is 0 Å². The number of halogens is 2. The Morgan fingerprint density at radius 3 is 1.51 bits per heavy atom. The Bertz CT molecular complexity index is 3050. The minimum atomic E-state index is -4.02. The highest BCUT2D eigenvalue weighted by Gasteiger charge is 2.29. The Morgan fingerprint density at radius 2 is 1.11 bits per heavy atom. The summed E-state index contributed by atoms with van der Waals surface area (Å²) in [6.07, 6.45) is 2.69. The fraction of sp³-hybridized carbons (Fsp3) is 0.323. The van der Waals surface area contributed by atoms with E-state index >= 15 is 0 Å². The number of H-pyrrole nitrogens is 2. The summed E-state index contributed by atoms with van der Waals surface area (Å²) in [5, 5.41) is 0.723. The first-order chi connectivity index (χ1) is 25.0. The second kappa shape index (κ2) is 13.6. The van der Waals surface area contributed by atoms with Crippen molar-refractivity contribution in [3.63, 3.8) is 0 Å². The molecule has 0 aliphatic heterocycles. The number of rotatable bonds is 6. The molecule has 1 amide bonds. The van der Waals surface area contributed by atoms with Gasteiger partial charge in [0.1, 0.15) is 28.5 Å². The van der Waals surface area contributed by atoms with Crippen LogP contribution in [0.5, 0.6) is 0 Å². The molecule has 6 rings (SSSR count). The molecule has 0 aliphatic carbocycles. The number of amides is 1. The predicted molar refractivity (Wildman–Crippen MR) is 199 cm³/mol. The summed E-state index contributed by atoms with van der Waals surface area (Å²) in [5.41, 5.74) is 0.0509. The summed E-state index contributed by atoms with van der Waals surface area (Å²) in [6.45, 7) is 5.01. The van der Waals surface area contributed by atoms with Crippen molar-refractivity contribution in [3.8, 4) is 0 Å². The first-order valence-corrected chi connectivity index (χ1v) is 23.1. The molecule has 0 atom stereocenters. The zero-order valence-electron chi connectivity index (χ0n) is 30.5. The van der Waals surface area contributed by atoms with Crippen LogP contribution >= 0.6 is 0 Å². The van der Waals surface area contributed by atoms with Gasteiger partial charge in [0.2, 0.25) is 30.0 Å². The number of nitrogens with zero attached hydrogens (tertiary/aromatic N) is 5. The molecule has 0 saturated heterocycles. The normalized spacial score (nSPS) is 12.9. The smallest absolute Gasteiger partial charge is 0.414 e. The number of aromatic amines is 2. The lowest BCUT2D eigenvalue weighted by atomic mass is 10.1. The van der Waals surface area contributed by atoms with Gasteiger partial charge in [-0.1, -0.05) is 0 Å². The van der Waals surface area contributed by atoms with Gasteiger partial charge in [0.15, 0.2) is 29.7 Å². The minimum absolute atomic E-state index is 0.00273. The van der Waals surface area contributed by atoms with E-state index in [4.69, 9.17) is 4.74 Å². The third kappa shape index (κ3) is 8.30. The van der Waals surface area contributed by atoms with E-state index in [-0.39, 0.29) is 44.0 Å². The number of carbonyl (C=O) groups excluding carboxylic acids is 1. The Kier molecular flexibility index (Phi) is 10.2. The molecule has 55 heavy (non-hydrogen) atoms. The lowest BCUT2D eigenvalue weighted by molar-refractivity contribution is 0.0589. The number of sulfone groups is 4. The summed E-state index contributed by atoms with van der Waals surface area (Å²) in [7, 11) is -12.8. The molecule has 4 aromatic heterocycles. The van der Waals surface area contributed by atoms with Crippen molar-refractivity contribution in [1.82, 2.24) is 29.9 Å². The van der Waals surface area contributed by atoms with Crippen molar-refractivity contribution >= 4 is 101 Å². The first-order valence-electron chi connectivity index (χ1n) is 15.5. The summed E-state index contributed by atoms with van der Waals surface area (Å²) in [5.74, 6) is -1.34. The maximum Gasteiger partial charge on any atom is 0.414 e. The fourth-order valence-corrected chi connectivity index (χ4v) is 8.17. The number of ether oxygens (including phenoxy) is 1. The summed E-state index contributed by atoms with van der Waals surface area (Å²) in [6, 6.07) is 4.49. The molecule has 4 heterocycles. The molecule has 0 saturated carbocycles. The summed E-state index contributed by atoms with van der Waals surface area (Å²) >= 11 is 0. The second-order valence-electron chi connectivity index (χ2n) is 13.4. The molecule has 0 aliphatic rings. The SMILES string of the molecule is CN(C(=O)OC(C)(C)C)c1cc(F)cc2c1[nH]c1nc(S(C)(=O)=O)nc(S(C)(=O)=O)c12.CNc1cc(F)cc2c1[nH]c1nc(S(C)(=O)=O)nc(S(C)(=O)=O)c12. The van der Waals surface area contributed by atoms with E-state index in [1.165, 1.54) is 13.1 Å². The average molecular weight is 845 g/mol. The fourth-order valence-electron chi connectivity index (χ4n) is 5.36. The average Bonchev–Trinajstić information content (AvgIpc) is 3.58. The molecule has 0 bridgehead atoms. The minimum Gasteiger partial charge on any atom is -0.443 e. The van der Waals surface area contributed by atoms with Crippen LogP contribution in [0.15, 0.2) is 44.6 Å². The van der Waals surface area contributed by atoms with Crippen LogP contribution in [0.3, 0.4) is 0 Å². The van der Waals surface area contributed by atoms with Crippen molar-refractivity contribution in [2.75, 3.05) is 49.3 Å². The van der Waals surface area contributed by atoms with Crippen LogP contribution in [-0.4, -0.2) is 114 Å². The zero-order valence-corrected chi connectivity index (χ0v) is 33.8. The van der Waals surface area contributed by atoms with E-state index in [0.717, 1.165) is 48.1 Å².